The predicted molar refractivity (Wildman–Crippen MR) is 176 cm³/mol. The van der Waals surface area contributed by atoms with E-state index in [1.165, 1.54) is 34.6 Å². The van der Waals surface area contributed by atoms with E-state index in [1.807, 2.05) is 0 Å². The number of rotatable bonds is 8. The van der Waals surface area contributed by atoms with Crippen LogP contribution in [0, 0.1) is 16.7 Å². The monoisotopic (exact) mass is 716 g/mol. The van der Waals surface area contributed by atoms with Gasteiger partial charge >= 0.3 is 17.9 Å². The number of carbonyl (C=O) groups excluding carboxylic acids is 4. The molecule has 2 saturated carbocycles. The van der Waals surface area contributed by atoms with Gasteiger partial charge in [-0.2, -0.15) is 0 Å². The van der Waals surface area contributed by atoms with Gasteiger partial charge in [0.2, 0.25) is 0 Å². The number of aliphatic hydroxyl groups is 5. The lowest BCUT2D eigenvalue weighted by atomic mass is 9.55. The smallest absolute Gasteiger partial charge is 0.338 e. The number of Topliss-reactive ketones (excluding diaryl/α,β-unsaturated/α-hetero) is 1. The second-order valence-electron chi connectivity index (χ2n) is 14.8. The number of aliphatic hydroxyl groups excluding tert-OH is 4. The number of fused-ring (bicyclic) bond motifs is 2. The Bertz CT molecular complexity index is 1580. The molecule has 0 amide bonds. The highest BCUT2D eigenvalue weighted by atomic mass is 16.7. The fourth-order valence-corrected chi connectivity index (χ4v) is 8.73. The van der Waals surface area contributed by atoms with E-state index in [0.29, 0.717) is 0 Å². The molecule has 1 aromatic rings. The van der Waals surface area contributed by atoms with E-state index >= 15 is 0 Å². The van der Waals surface area contributed by atoms with Crippen molar-refractivity contribution in [3.8, 4) is 0 Å². The van der Waals surface area contributed by atoms with Crippen molar-refractivity contribution < 1.29 is 68.4 Å². The van der Waals surface area contributed by atoms with Gasteiger partial charge in [-0.15, -0.1) is 0 Å². The van der Waals surface area contributed by atoms with Gasteiger partial charge in [0.15, 0.2) is 18.2 Å². The fraction of sp³-hybridized carbons (Fsp3) is 0.622. The van der Waals surface area contributed by atoms with Crippen LogP contribution in [-0.2, 0) is 38.1 Å². The summed E-state index contributed by atoms with van der Waals surface area (Å²) in [7, 11) is 0. The first-order valence-corrected chi connectivity index (χ1v) is 17.0. The molecule has 1 heterocycles. The van der Waals surface area contributed by atoms with Crippen LogP contribution < -0.4 is 0 Å². The van der Waals surface area contributed by atoms with E-state index < -0.39 is 108 Å². The molecule has 5 rings (SSSR count). The number of esters is 3. The van der Waals surface area contributed by atoms with Crippen molar-refractivity contribution in [2.75, 3.05) is 6.61 Å². The quantitative estimate of drug-likeness (QED) is 0.146. The van der Waals surface area contributed by atoms with Gasteiger partial charge in [-0.1, -0.05) is 31.7 Å². The third kappa shape index (κ3) is 6.56. The lowest BCUT2D eigenvalue weighted by molar-refractivity contribution is -0.311. The summed E-state index contributed by atoms with van der Waals surface area (Å²) in [6.07, 6.45) is -13.1. The zero-order valence-corrected chi connectivity index (χ0v) is 29.6. The number of allylic oxidation sites excluding steroid dienone is 1. The first-order chi connectivity index (χ1) is 23.8. The minimum absolute atomic E-state index is 0.135. The number of hydrogen-bond donors (Lipinski definition) is 5. The van der Waals surface area contributed by atoms with E-state index in [4.69, 9.17) is 23.7 Å². The summed E-state index contributed by atoms with van der Waals surface area (Å²) in [5.74, 6) is -3.74. The highest BCUT2D eigenvalue weighted by Gasteiger charge is 2.72. The van der Waals surface area contributed by atoms with Gasteiger partial charge in [-0.25, -0.2) is 4.79 Å². The molecule has 1 aliphatic heterocycles. The molecule has 4 aliphatic rings. The van der Waals surface area contributed by atoms with Gasteiger partial charge in [0.25, 0.3) is 0 Å². The zero-order chi connectivity index (χ0) is 37.8. The molecule has 14 nitrogen and oxygen atoms in total. The lowest BCUT2D eigenvalue weighted by Gasteiger charge is -2.54. The minimum atomic E-state index is -1.84. The van der Waals surface area contributed by atoms with E-state index in [9.17, 15) is 44.7 Å². The molecule has 280 valence electrons. The number of hydrogen-bond acceptors (Lipinski definition) is 14. The predicted octanol–water partition coefficient (Wildman–Crippen LogP) is 1.29. The van der Waals surface area contributed by atoms with Gasteiger partial charge in [0.1, 0.15) is 36.6 Å². The summed E-state index contributed by atoms with van der Waals surface area (Å²) in [5, 5.41) is 53.5. The van der Waals surface area contributed by atoms with Crippen molar-refractivity contribution in [2.45, 2.75) is 122 Å². The van der Waals surface area contributed by atoms with Crippen LogP contribution in [0.15, 0.2) is 53.6 Å². The molecule has 0 radical (unpaired) electrons. The first-order valence-electron chi connectivity index (χ1n) is 17.0. The van der Waals surface area contributed by atoms with E-state index in [-0.39, 0.29) is 41.5 Å². The molecule has 0 bridgehead atoms. The maximum absolute atomic E-state index is 13.9. The van der Waals surface area contributed by atoms with Crippen LogP contribution in [0.25, 0.3) is 0 Å². The third-order valence-electron chi connectivity index (χ3n) is 11.3. The zero-order valence-electron chi connectivity index (χ0n) is 29.6. The Labute approximate surface area is 296 Å². The lowest BCUT2D eigenvalue weighted by Crippen LogP contribution is -2.61. The van der Waals surface area contributed by atoms with Gasteiger partial charge in [0, 0.05) is 31.6 Å². The average molecular weight is 717 g/mol. The van der Waals surface area contributed by atoms with E-state index in [2.05, 4.69) is 6.58 Å². The van der Waals surface area contributed by atoms with Crippen molar-refractivity contribution in [3.63, 3.8) is 0 Å². The van der Waals surface area contributed by atoms with E-state index in [0.717, 1.165) is 0 Å². The largest absolute Gasteiger partial charge is 0.461 e. The Morgan fingerprint density at radius 2 is 1.59 bits per heavy atom. The Kier molecular flexibility index (Phi) is 10.7. The highest BCUT2D eigenvalue weighted by Crippen LogP contribution is 2.65. The second-order valence-corrected chi connectivity index (χ2v) is 14.8. The molecule has 3 fully saturated rings. The van der Waals surface area contributed by atoms with Crippen LogP contribution in [-0.4, -0.2) is 117 Å². The molecule has 14 heteroatoms. The molecule has 1 saturated heterocycles. The summed E-state index contributed by atoms with van der Waals surface area (Å²) in [5.41, 5.74) is -4.13. The highest BCUT2D eigenvalue weighted by molar-refractivity contribution is 6.00. The molecule has 5 N–H and O–H groups in total. The average Bonchev–Trinajstić information content (AvgIpc) is 3.30. The van der Waals surface area contributed by atoms with Crippen LogP contribution in [0.1, 0.15) is 71.2 Å². The van der Waals surface area contributed by atoms with Crippen LogP contribution >= 0.6 is 0 Å². The van der Waals surface area contributed by atoms with Gasteiger partial charge in [0.05, 0.1) is 29.3 Å². The molecule has 12 atom stereocenters. The number of carbonyl (C=O) groups is 4. The summed E-state index contributed by atoms with van der Waals surface area (Å²) in [6, 6.07) is 8.09. The summed E-state index contributed by atoms with van der Waals surface area (Å²) in [6.45, 7) is 12.2. The Morgan fingerprint density at radius 1 is 0.980 bits per heavy atom. The number of ketones is 1. The van der Waals surface area contributed by atoms with Gasteiger partial charge in [-0.05, 0) is 62.5 Å². The maximum atomic E-state index is 13.9. The second kappa shape index (κ2) is 14.1. The van der Waals surface area contributed by atoms with Crippen LogP contribution in [0.4, 0.5) is 0 Å². The van der Waals surface area contributed by atoms with Gasteiger partial charge < -0.3 is 49.2 Å². The Hall–Kier alpha value is -3.50. The third-order valence-corrected chi connectivity index (χ3v) is 11.3. The molecule has 0 spiro atoms. The number of benzene rings is 1. The summed E-state index contributed by atoms with van der Waals surface area (Å²) < 4.78 is 30.3. The Balaban J connectivity index is 1.72. The SMILES string of the molecule is C=C1[C@@H](O[C@H]2O[C@@H](CO)[C@H](O)[C@H](O)[C@@H]2O)CC[C@]2(C)[C@H](OC(C)=O)[C@H](OC(=O)c3ccccc3)C3=C(C)C(=O)C[C@@]3(C(C)(C)O)[C@H](OC(C)=O)[C@H]12. The van der Waals surface area contributed by atoms with Crippen molar-refractivity contribution in [1.82, 2.24) is 0 Å². The molecule has 0 aromatic heterocycles. The molecule has 1 aromatic carbocycles. The summed E-state index contributed by atoms with van der Waals surface area (Å²) in [4.78, 5) is 53.7. The molecule has 3 aliphatic carbocycles. The van der Waals surface area contributed by atoms with Crippen LogP contribution in [0.2, 0.25) is 0 Å². The van der Waals surface area contributed by atoms with Crippen molar-refractivity contribution in [2.24, 2.45) is 16.7 Å². The standard InChI is InChI=1S/C37H48O14/c1-17-22(41)15-37(35(5,6)46)25(17)30(51-33(45)21-11-9-8-10-12-21)32(48-20(4)40)36(7)14-13-23(18(2)26(36)31(37)47-19(3)39)49-34-29(44)28(43)27(42)24(16-38)50-34/h8-12,23-24,26-32,34,38,42-44,46H,2,13-16H2,1,3-7H3/t23-,24-,26-,27-,28-,29-,30+,31+,32+,34-,36-,37-/m0/s1. The summed E-state index contributed by atoms with van der Waals surface area (Å²) >= 11 is 0. The minimum Gasteiger partial charge on any atom is -0.461 e. The topological polar surface area (TPSA) is 216 Å². The van der Waals surface area contributed by atoms with Crippen LogP contribution in [0.3, 0.4) is 0 Å². The molecular weight excluding hydrogens is 668 g/mol. The van der Waals surface area contributed by atoms with Crippen molar-refractivity contribution in [1.29, 1.82) is 0 Å². The normalized spacial score (nSPS) is 38.3. The maximum Gasteiger partial charge on any atom is 0.338 e. The van der Waals surface area contributed by atoms with Crippen molar-refractivity contribution >= 4 is 23.7 Å². The van der Waals surface area contributed by atoms with E-state index in [1.54, 1.807) is 37.3 Å². The van der Waals surface area contributed by atoms with Crippen molar-refractivity contribution in [3.05, 3.63) is 59.2 Å². The Morgan fingerprint density at radius 3 is 2.16 bits per heavy atom. The molecule has 51 heavy (non-hydrogen) atoms. The number of ether oxygens (including phenoxy) is 5. The van der Waals surface area contributed by atoms with Gasteiger partial charge in [-0.3, -0.25) is 14.4 Å². The molecular formula is C37H48O14. The molecule has 0 unspecified atom stereocenters. The fourth-order valence-electron chi connectivity index (χ4n) is 8.73. The first kappa shape index (κ1) is 38.7. The van der Waals surface area contributed by atoms with Crippen LogP contribution in [0.5, 0.6) is 0 Å².